The Balaban J connectivity index is 1.97. The zero-order valence-corrected chi connectivity index (χ0v) is 19.5. The number of hydrogen-bond donors (Lipinski definition) is 2. The normalized spacial score (nSPS) is 11.3. The van der Waals surface area contributed by atoms with Gasteiger partial charge in [-0.25, -0.2) is 9.79 Å². The van der Waals surface area contributed by atoms with Crippen LogP contribution < -0.4 is 21.3 Å². The van der Waals surface area contributed by atoms with Crippen molar-refractivity contribution < 1.29 is 14.6 Å². The summed E-state index contributed by atoms with van der Waals surface area (Å²) in [4.78, 5) is 42.0. The second kappa shape index (κ2) is 10.2. The van der Waals surface area contributed by atoms with E-state index in [0.717, 1.165) is 26.5 Å². The molecule has 2 N–H and O–H groups in total. The number of methoxy groups -OCH3 is 1. The van der Waals surface area contributed by atoms with Crippen LogP contribution >= 0.6 is 11.8 Å². The quantitative estimate of drug-likeness (QED) is 0.424. The maximum atomic E-state index is 12.8. The molecule has 0 radical (unpaired) electrons. The number of aromatic hydroxyl groups is 1. The lowest BCUT2D eigenvalue weighted by Gasteiger charge is -2.13. The number of rotatable bonds is 6. The van der Waals surface area contributed by atoms with Gasteiger partial charge in [0, 0.05) is 19.8 Å². The molecule has 33 heavy (non-hydrogen) atoms. The number of aromatic nitrogens is 2. The Morgan fingerprint density at radius 1 is 1.06 bits per heavy atom. The zero-order chi connectivity index (χ0) is 24.1. The minimum absolute atomic E-state index is 0.0751. The summed E-state index contributed by atoms with van der Waals surface area (Å²) in [7, 11) is 4.20. The third-order valence-corrected chi connectivity index (χ3v) is 5.80. The number of thioether (sulfide) groups is 1. The van der Waals surface area contributed by atoms with Gasteiger partial charge in [-0.2, -0.15) is 0 Å². The van der Waals surface area contributed by atoms with E-state index in [9.17, 15) is 19.5 Å². The molecule has 9 nitrogen and oxygen atoms in total. The number of ether oxygens (including phenoxy) is 1. The Bertz CT molecular complexity index is 1310. The molecule has 2 aromatic carbocycles. The molecule has 0 saturated carbocycles. The number of nitrogens with one attached hydrogen (secondary N) is 1. The molecule has 0 aliphatic carbocycles. The maximum absolute atomic E-state index is 12.8. The smallest absolute Gasteiger partial charge is 0.333 e. The van der Waals surface area contributed by atoms with E-state index in [2.05, 4.69) is 10.3 Å². The second-order valence-corrected chi connectivity index (χ2v) is 8.19. The molecule has 0 spiro atoms. The SMILES string of the molecule is COc1ccc(N=C(SCC(=O)Nc2ccc(C)cc2)c2c(O)n(C)c(=O)n(C)c2=O)cc1. The summed E-state index contributed by atoms with van der Waals surface area (Å²) in [5.74, 6) is -0.287. The number of carbonyl (C=O) groups is 1. The van der Waals surface area contributed by atoms with Crippen molar-refractivity contribution >= 4 is 34.1 Å². The molecular formula is C23H24N4O5S. The third kappa shape index (κ3) is 5.53. The molecule has 0 aliphatic heterocycles. The van der Waals surface area contributed by atoms with Crippen molar-refractivity contribution in [3.05, 3.63) is 80.5 Å². The molecule has 0 bridgehead atoms. The lowest BCUT2D eigenvalue weighted by atomic mass is 10.2. The van der Waals surface area contributed by atoms with Gasteiger partial charge in [-0.15, -0.1) is 0 Å². The van der Waals surface area contributed by atoms with E-state index in [1.807, 2.05) is 19.1 Å². The molecule has 1 aromatic heterocycles. The first-order valence-electron chi connectivity index (χ1n) is 9.92. The van der Waals surface area contributed by atoms with Crippen LogP contribution in [0, 0.1) is 6.92 Å². The number of nitrogens with zero attached hydrogens (tertiary/aromatic N) is 3. The molecule has 0 fully saturated rings. The third-order valence-electron chi connectivity index (χ3n) is 4.83. The maximum Gasteiger partial charge on any atom is 0.333 e. The summed E-state index contributed by atoms with van der Waals surface area (Å²) >= 11 is 0.980. The van der Waals surface area contributed by atoms with Crippen LogP contribution in [0.3, 0.4) is 0 Å². The Kier molecular flexibility index (Phi) is 7.39. The molecule has 0 atom stereocenters. The molecule has 172 valence electrons. The predicted molar refractivity (Wildman–Crippen MR) is 130 cm³/mol. The van der Waals surface area contributed by atoms with Crippen molar-refractivity contribution in [2.75, 3.05) is 18.2 Å². The van der Waals surface area contributed by atoms with Gasteiger partial charge in [0.2, 0.25) is 11.8 Å². The van der Waals surface area contributed by atoms with Gasteiger partial charge in [-0.1, -0.05) is 29.5 Å². The fourth-order valence-electron chi connectivity index (χ4n) is 2.92. The van der Waals surface area contributed by atoms with Gasteiger partial charge in [0.05, 0.1) is 18.6 Å². The van der Waals surface area contributed by atoms with E-state index in [-0.39, 0.29) is 22.3 Å². The van der Waals surface area contributed by atoms with Crippen molar-refractivity contribution in [2.24, 2.45) is 19.1 Å². The zero-order valence-electron chi connectivity index (χ0n) is 18.7. The number of anilines is 1. The molecule has 0 aliphatic rings. The predicted octanol–water partition coefficient (Wildman–Crippen LogP) is 2.56. The van der Waals surface area contributed by atoms with Crippen molar-refractivity contribution in [1.29, 1.82) is 0 Å². The van der Waals surface area contributed by atoms with Crippen LogP contribution in [0.2, 0.25) is 0 Å². The average molecular weight is 469 g/mol. The first kappa shape index (κ1) is 23.9. The largest absolute Gasteiger partial charge is 0.497 e. The first-order chi connectivity index (χ1) is 15.7. The van der Waals surface area contributed by atoms with E-state index >= 15 is 0 Å². The van der Waals surface area contributed by atoms with Gasteiger partial charge in [0.25, 0.3) is 5.56 Å². The number of aryl methyl sites for hydroxylation is 1. The Morgan fingerprint density at radius 3 is 2.30 bits per heavy atom. The van der Waals surface area contributed by atoms with Gasteiger partial charge in [0.15, 0.2) is 0 Å². The molecule has 3 aromatic rings. The molecule has 3 rings (SSSR count). The van der Waals surface area contributed by atoms with Crippen LogP contribution in [0.25, 0.3) is 0 Å². The highest BCUT2D eigenvalue weighted by atomic mass is 32.2. The van der Waals surface area contributed by atoms with Crippen LogP contribution in [0.15, 0.2) is 63.1 Å². The Morgan fingerprint density at radius 2 is 1.70 bits per heavy atom. The van der Waals surface area contributed by atoms with Crippen LogP contribution in [0.1, 0.15) is 11.1 Å². The van der Waals surface area contributed by atoms with E-state index in [0.29, 0.717) is 17.1 Å². The summed E-state index contributed by atoms with van der Waals surface area (Å²) in [5.41, 5.74) is 0.635. The molecule has 1 amide bonds. The highest BCUT2D eigenvalue weighted by Gasteiger charge is 2.22. The molecule has 0 unspecified atom stereocenters. The summed E-state index contributed by atoms with van der Waals surface area (Å²) in [6, 6.07) is 14.1. The fourth-order valence-corrected chi connectivity index (χ4v) is 3.76. The van der Waals surface area contributed by atoms with E-state index in [1.54, 1.807) is 43.5 Å². The van der Waals surface area contributed by atoms with Crippen molar-refractivity contribution in [3.8, 4) is 11.6 Å². The number of benzene rings is 2. The lowest BCUT2D eigenvalue weighted by Crippen LogP contribution is -2.39. The van der Waals surface area contributed by atoms with Crippen LogP contribution in [0.4, 0.5) is 11.4 Å². The molecule has 0 saturated heterocycles. The Hall–Kier alpha value is -3.79. The van der Waals surface area contributed by atoms with E-state index in [4.69, 9.17) is 4.74 Å². The number of aliphatic imine (C=N–C) groups is 1. The summed E-state index contributed by atoms with van der Waals surface area (Å²) in [6.07, 6.45) is 0. The summed E-state index contributed by atoms with van der Waals surface area (Å²) in [6.45, 7) is 1.95. The first-order valence-corrected chi connectivity index (χ1v) is 10.9. The minimum atomic E-state index is -0.714. The highest BCUT2D eigenvalue weighted by molar-refractivity contribution is 8.15. The lowest BCUT2D eigenvalue weighted by molar-refractivity contribution is -0.113. The van der Waals surface area contributed by atoms with Crippen molar-refractivity contribution in [1.82, 2.24) is 9.13 Å². The molecule has 1 heterocycles. The van der Waals surface area contributed by atoms with Crippen LogP contribution in [-0.2, 0) is 18.9 Å². The van der Waals surface area contributed by atoms with Gasteiger partial charge in [-0.05, 0) is 43.3 Å². The summed E-state index contributed by atoms with van der Waals surface area (Å²) in [5, 5.41) is 13.5. The van der Waals surface area contributed by atoms with Gasteiger partial charge in [0.1, 0.15) is 16.4 Å². The van der Waals surface area contributed by atoms with E-state index < -0.39 is 17.1 Å². The molecule has 10 heteroatoms. The second-order valence-electron chi connectivity index (χ2n) is 7.22. The molecular weight excluding hydrogens is 444 g/mol. The Labute approximate surface area is 194 Å². The van der Waals surface area contributed by atoms with Gasteiger partial charge in [-0.3, -0.25) is 18.7 Å². The van der Waals surface area contributed by atoms with Crippen molar-refractivity contribution in [3.63, 3.8) is 0 Å². The van der Waals surface area contributed by atoms with Crippen LogP contribution in [0.5, 0.6) is 11.6 Å². The fraction of sp³-hybridized carbons (Fsp3) is 0.217. The van der Waals surface area contributed by atoms with Gasteiger partial charge < -0.3 is 15.2 Å². The number of carbonyl (C=O) groups excluding carboxylic acids is 1. The highest BCUT2D eigenvalue weighted by Crippen LogP contribution is 2.25. The topological polar surface area (TPSA) is 115 Å². The van der Waals surface area contributed by atoms with Crippen molar-refractivity contribution in [2.45, 2.75) is 6.92 Å². The minimum Gasteiger partial charge on any atom is -0.497 e. The average Bonchev–Trinajstić information content (AvgIpc) is 2.82. The van der Waals surface area contributed by atoms with E-state index in [1.165, 1.54) is 14.1 Å². The standard InChI is InChI=1S/C23H24N4O5S/c1-14-5-7-15(8-6-14)24-18(28)13-33-20(25-16-9-11-17(32-4)12-10-16)19-21(29)26(2)23(31)27(3)22(19)30/h5-12,29H,13H2,1-4H3,(H,24,28). The number of amides is 1. The summed E-state index contributed by atoms with van der Waals surface area (Å²) < 4.78 is 6.98. The van der Waals surface area contributed by atoms with Crippen LogP contribution in [-0.4, -0.2) is 38.1 Å². The number of hydrogen-bond acceptors (Lipinski definition) is 7. The monoisotopic (exact) mass is 468 g/mol. The van der Waals surface area contributed by atoms with Gasteiger partial charge >= 0.3 is 5.69 Å².